The van der Waals surface area contributed by atoms with Gasteiger partial charge in [0.1, 0.15) is 6.61 Å². The highest BCUT2D eigenvalue weighted by Crippen LogP contribution is 2.15. The number of unbranched alkanes of at least 4 members (excludes halogenated alkanes) is 21. The lowest BCUT2D eigenvalue weighted by atomic mass is 10.0. The van der Waals surface area contributed by atoms with E-state index in [-0.39, 0.29) is 36.2 Å². The molecule has 8 heteroatoms. The van der Waals surface area contributed by atoms with E-state index in [2.05, 4.69) is 13.8 Å². The van der Waals surface area contributed by atoms with Crippen molar-refractivity contribution in [3.63, 3.8) is 0 Å². The SMILES string of the molecule is CCCCCCCCCCCCCCCCCCCCCC(=O)OC(COCCC(C(=O)O)[N+](C)(C)C)COC(=O)CCCCCC. The van der Waals surface area contributed by atoms with Gasteiger partial charge in [-0.05, 0) is 12.8 Å². The summed E-state index contributed by atoms with van der Waals surface area (Å²) >= 11 is 0. The Labute approximate surface area is 289 Å². The number of hydrogen-bond acceptors (Lipinski definition) is 6. The second-order valence-electron chi connectivity index (χ2n) is 14.6. The fourth-order valence-corrected chi connectivity index (χ4v) is 5.91. The zero-order chi connectivity index (χ0) is 35.0. The second-order valence-corrected chi connectivity index (χ2v) is 14.6. The van der Waals surface area contributed by atoms with Gasteiger partial charge in [-0.1, -0.05) is 149 Å². The minimum absolute atomic E-state index is 0.0464. The first-order valence-electron chi connectivity index (χ1n) is 19.6. The van der Waals surface area contributed by atoms with E-state index in [0.29, 0.717) is 19.3 Å². The molecule has 0 heterocycles. The summed E-state index contributed by atoms with van der Waals surface area (Å²) in [5, 5.41) is 9.54. The van der Waals surface area contributed by atoms with Crippen molar-refractivity contribution in [2.24, 2.45) is 0 Å². The van der Waals surface area contributed by atoms with Crippen molar-refractivity contribution in [1.29, 1.82) is 0 Å². The maximum Gasteiger partial charge on any atom is 0.362 e. The smallest absolute Gasteiger partial charge is 0.362 e. The molecule has 2 atom stereocenters. The Morgan fingerprint density at radius 3 is 1.34 bits per heavy atom. The van der Waals surface area contributed by atoms with Gasteiger partial charge < -0.3 is 23.8 Å². The molecule has 0 aliphatic heterocycles. The first-order valence-corrected chi connectivity index (χ1v) is 19.6. The predicted molar refractivity (Wildman–Crippen MR) is 193 cm³/mol. The third-order valence-electron chi connectivity index (χ3n) is 9.01. The molecular weight excluding hydrogens is 594 g/mol. The normalized spacial score (nSPS) is 13.0. The van der Waals surface area contributed by atoms with Crippen molar-refractivity contribution in [3.05, 3.63) is 0 Å². The number of carboxylic acid groups (broad SMARTS) is 1. The van der Waals surface area contributed by atoms with Gasteiger partial charge in [-0.15, -0.1) is 0 Å². The Balaban J connectivity index is 4.11. The van der Waals surface area contributed by atoms with E-state index < -0.39 is 18.1 Å². The molecule has 8 nitrogen and oxygen atoms in total. The lowest BCUT2D eigenvalue weighted by Crippen LogP contribution is -2.50. The van der Waals surface area contributed by atoms with Gasteiger partial charge in [0.2, 0.25) is 0 Å². The molecule has 0 spiro atoms. The average molecular weight is 671 g/mol. The van der Waals surface area contributed by atoms with Gasteiger partial charge in [0.15, 0.2) is 12.1 Å². The van der Waals surface area contributed by atoms with Crippen molar-refractivity contribution < 1.29 is 38.2 Å². The van der Waals surface area contributed by atoms with E-state index in [9.17, 15) is 19.5 Å². The number of carbonyl (C=O) groups is 3. The number of hydrogen-bond donors (Lipinski definition) is 1. The van der Waals surface area contributed by atoms with Gasteiger partial charge in [0, 0.05) is 19.3 Å². The van der Waals surface area contributed by atoms with Gasteiger partial charge in [-0.2, -0.15) is 0 Å². The molecule has 2 unspecified atom stereocenters. The number of aliphatic carboxylic acids is 1. The van der Waals surface area contributed by atoms with E-state index in [0.717, 1.165) is 44.9 Å². The van der Waals surface area contributed by atoms with Crippen molar-refractivity contribution in [2.45, 2.75) is 193 Å². The van der Waals surface area contributed by atoms with E-state index in [1.54, 1.807) is 0 Å². The van der Waals surface area contributed by atoms with Gasteiger partial charge >= 0.3 is 17.9 Å². The maximum atomic E-state index is 12.6. The highest BCUT2D eigenvalue weighted by Gasteiger charge is 2.31. The fraction of sp³-hybridized carbons (Fsp3) is 0.923. The third-order valence-corrected chi connectivity index (χ3v) is 9.01. The first kappa shape index (κ1) is 45.3. The van der Waals surface area contributed by atoms with E-state index >= 15 is 0 Å². The highest BCUT2D eigenvalue weighted by atomic mass is 16.6. The van der Waals surface area contributed by atoms with Crippen molar-refractivity contribution in [1.82, 2.24) is 0 Å². The van der Waals surface area contributed by atoms with Crippen LogP contribution in [0.25, 0.3) is 0 Å². The predicted octanol–water partition coefficient (Wildman–Crippen LogP) is 9.80. The van der Waals surface area contributed by atoms with Crippen LogP contribution in [0.5, 0.6) is 0 Å². The lowest BCUT2D eigenvalue weighted by Gasteiger charge is -2.31. The average Bonchev–Trinajstić information content (AvgIpc) is 3.02. The molecule has 0 fully saturated rings. The number of carbonyl (C=O) groups excluding carboxylic acids is 2. The van der Waals surface area contributed by atoms with Gasteiger partial charge in [0.25, 0.3) is 0 Å². The summed E-state index contributed by atoms with van der Waals surface area (Å²) in [7, 11) is 5.51. The van der Waals surface area contributed by atoms with E-state index in [4.69, 9.17) is 14.2 Å². The Bertz CT molecular complexity index is 752. The minimum atomic E-state index is -0.874. The van der Waals surface area contributed by atoms with Crippen LogP contribution in [-0.4, -0.2) is 80.6 Å². The highest BCUT2D eigenvalue weighted by molar-refractivity contribution is 5.72. The maximum absolute atomic E-state index is 12.6. The largest absolute Gasteiger partial charge is 0.477 e. The molecule has 0 saturated carbocycles. The molecule has 0 aromatic heterocycles. The molecule has 0 bridgehead atoms. The Morgan fingerprint density at radius 2 is 0.936 bits per heavy atom. The quantitative estimate of drug-likeness (QED) is 0.0407. The number of nitrogens with zero attached hydrogens (tertiary/aromatic N) is 1. The van der Waals surface area contributed by atoms with Crippen LogP contribution in [0, 0.1) is 0 Å². The summed E-state index contributed by atoms with van der Waals surface area (Å²) in [6.45, 7) is 4.63. The Kier molecular flexibility index (Phi) is 30.5. The van der Waals surface area contributed by atoms with E-state index in [1.165, 1.54) is 103 Å². The van der Waals surface area contributed by atoms with E-state index in [1.807, 2.05) is 21.1 Å². The van der Waals surface area contributed by atoms with Crippen LogP contribution in [0.3, 0.4) is 0 Å². The molecule has 0 aliphatic rings. The molecule has 278 valence electrons. The van der Waals surface area contributed by atoms with Crippen molar-refractivity contribution in [2.75, 3.05) is 41.0 Å². The molecule has 1 N–H and O–H groups in total. The summed E-state index contributed by atoms with van der Waals surface area (Å²) in [5.74, 6) is -1.48. The standard InChI is InChI=1S/C39H75NO7/c1-6-8-10-12-13-14-15-16-17-18-19-20-21-22-23-24-25-26-28-30-38(42)47-35(34-46-37(41)29-27-11-9-7-2)33-45-32-31-36(39(43)44)40(3,4)5/h35-36H,6-34H2,1-5H3/p+1. The summed E-state index contributed by atoms with van der Waals surface area (Å²) in [6.07, 6.45) is 29.1. The zero-order valence-electron chi connectivity index (χ0n) is 31.5. The molecule has 0 rings (SSSR count). The summed E-state index contributed by atoms with van der Waals surface area (Å²) in [6, 6.07) is -0.605. The van der Waals surface area contributed by atoms with Gasteiger partial charge in [0.05, 0.1) is 34.4 Å². The number of quaternary nitrogens is 1. The third kappa shape index (κ3) is 30.1. The van der Waals surface area contributed by atoms with Crippen LogP contribution >= 0.6 is 0 Å². The van der Waals surface area contributed by atoms with Crippen molar-refractivity contribution >= 4 is 17.9 Å². The first-order chi connectivity index (χ1) is 22.6. The fourth-order valence-electron chi connectivity index (χ4n) is 5.91. The Hall–Kier alpha value is -1.67. The number of rotatable bonds is 35. The number of ether oxygens (including phenoxy) is 3. The summed E-state index contributed by atoms with van der Waals surface area (Å²) in [4.78, 5) is 36.4. The van der Waals surface area contributed by atoms with Crippen LogP contribution in [-0.2, 0) is 28.6 Å². The summed E-state index contributed by atoms with van der Waals surface area (Å²) in [5.41, 5.74) is 0. The number of esters is 2. The second kappa shape index (κ2) is 31.6. The Morgan fingerprint density at radius 1 is 0.553 bits per heavy atom. The minimum Gasteiger partial charge on any atom is -0.477 e. The van der Waals surface area contributed by atoms with Crippen molar-refractivity contribution in [3.8, 4) is 0 Å². The van der Waals surface area contributed by atoms with Gasteiger partial charge in [-0.25, -0.2) is 4.79 Å². The lowest BCUT2D eigenvalue weighted by molar-refractivity contribution is -0.887. The topological polar surface area (TPSA) is 99.1 Å². The van der Waals surface area contributed by atoms with Crippen LogP contribution in [0.4, 0.5) is 0 Å². The van der Waals surface area contributed by atoms with Crippen LogP contribution in [0.1, 0.15) is 181 Å². The number of carboxylic acids is 1. The molecule has 0 aliphatic carbocycles. The molecular formula is C39H76NO7+. The molecule has 0 saturated heterocycles. The van der Waals surface area contributed by atoms with Gasteiger partial charge in [-0.3, -0.25) is 9.59 Å². The molecule has 0 aromatic rings. The molecule has 0 amide bonds. The summed E-state index contributed by atoms with van der Waals surface area (Å²) < 4.78 is 17.1. The zero-order valence-corrected chi connectivity index (χ0v) is 31.5. The monoisotopic (exact) mass is 671 g/mol. The van der Waals surface area contributed by atoms with Crippen LogP contribution < -0.4 is 0 Å². The molecule has 47 heavy (non-hydrogen) atoms. The van der Waals surface area contributed by atoms with Crippen LogP contribution in [0.15, 0.2) is 0 Å². The van der Waals surface area contributed by atoms with Crippen LogP contribution in [0.2, 0.25) is 0 Å². The number of likely N-dealkylation sites (N-methyl/N-ethyl adjacent to an activating group) is 1. The molecule has 0 radical (unpaired) electrons. The molecule has 0 aromatic carbocycles.